The van der Waals surface area contributed by atoms with Crippen molar-refractivity contribution < 1.29 is 4.79 Å². The Morgan fingerprint density at radius 1 is 1.00 bits per heavy atom. The number of hydrogen-bond acceptors (Lipinski definition) is 7. The number of amides is 1. The summed E-state index contributed by atoms with van der Waals surface area (Å²) >= 11 is 1.23. The van der Waals surface area contributed by atoms with Gasteiger partial charge in [0.1, 0.15) is 10.8 Å². The number of anilines is 4. The number of carbonyl (C=O) groups excluding carboxylic acids is 1. The number of fused-ring (bicyclic) bond motifs is 1. The van der Waals surface area contributed by atoms with E-state index in [1.54, 1.807) is 6.20 Å². The molecule has 0 radical (unpaired) electrons. The first-order chi connectivity index (χ1) is 15.4. The largest absolute Gasteiger partial charge is 0.358 e. The predicted molar refractivity (Wildman–Crippen MR) is 130 cm³/mol. The Morgan fingerprint density at radius 2 is 1.75 bits per heavy atom. The third kappa shape index (κ3) is 4.04. The first-order valence-electron chi connectivity index (χ1n) is 10.3. The quantitative estimate of drug-likeness (QED) is 0.353. The highest BCUT2D eigenvalue weighted by atomic mass is 32.1. The first kappa shape index (κ1) is 20.1. The molecule has 2 aromatic heterocycles. The highest BCUT2D eigenvalue weighted by molar-refractivity contribution is 7.10. The second kappa shape index (κ2) is 7.72. The zero-order valence-electron chi connectivity index (χ0n) is 17.9. The van der Waals surface area contributed by atoms with E-state index in [4.69, 9.17) is 0 Å². The lowest BCUT2D eigenvalue weighted by molar-refractivity contribution is 0.102. The van der Waals surface area contributed by atoms with Gasteiger partial charge in [0.25, 0.3) is 5.91 Å². The van der Waals surface area contributed by atoms with Crippen LogP contribution in [0.15, 0.2) is 66.5 Å². The molecule has 8 heteroatoms. The van der Waals surface area contributed by atoms with Crippen molar-refractivity contribution in [1.82, 2.24) is 14.3 Å². The van der Waals surface area contributed by atoms with Gasteiger partial charge in [-0.25, -0.2) is 4.98 Å². The van der Waals surface area contributed by atoms with Gasteiger partial charge in [0.2, 0.25) is 0 Å². The number of carbonyl (C=O) groups is 1. The minimum absolute atomic E-state index is 0.116. The standard InChI is InChI=1S/C24H22N6OS/c1-14-21(22(31)27-16-8-6-7-15(11-16)26-19-12-24(19,2)3)23(32-30-14)29-20-13-25-17-9-4-5-10-18(17)28-20/h4-13,26H,1-3H3,(H,27,31)(H,28,29). The Morgan fingerprint density at radius 3 is 2.53 bits per heavy atom. The van der Waals surface area contributed by atoms with Crippen molar-refractivity contribution in [3.8, 4) is 0 Å². The van der Waals surface area contributed by atoms with Crippen LogP contribution in [0.25, 0.3) is 11.0 Å². The molecule has 0 bridgehead atoms. The van der Waals surface area contributed by atoms with Gasteiger partial charge in [-0.3, -0.25) is 9.78 Å². The van der Waals surface area contributed by atoms with Crippen LogP contribution in [-0.4, -0.2) is 20.2 Å². The molecule has 0 aliphatic heterocycles. The van der Waals surface area contributed by atoms with Crippen molar-refractivity contribution in [2.24, 2.45) is 5.41 Å². The number of aromatic nitrogens is 3. The molecule has 7 nitrogen and oxygen atoms in total. The zero-order chi connectivity index (χ0) is 22.3. The number of benzene rings is 2. The maximum atomic E-state index is 13.1. The summed E-state index contributed by atoms with van der Waals surface area (Å²) in [7, 11) is 0. The van der Waals surface area contributed by atoms with Gasteiger partial charge in [0, 0.05) is 22.5 Å². The fourth-order valence-corrected chi connectivity index (χ4v) is 4.20. The van der Waals surface area contributed by atoms with E-state index in [0.717, 1.165) is 16.7 Å². The lowest BCUT2D eigenvalue weighted by Gasteiger charge is -2.11. The van der Waals surface area contributed by atoms with Crippen molar-refractivity contribution in [1.29, 1.82) is 0 Å². The van der Waals surface area contributed by atoms with Crippen LogP contribution in [0.1, 0.15) is 29.9 Å². The maximum absolute atomic E-state index is 13.1. The molecule has 1 amide bonds. The number of hydrogen-bond donors (Lipinski definition) is 3. The molecular formula is C24H22N6OS. The highest BCUT2D eigenvalue weighted by Crippen LogP contribution is 2.43. The van der Waals surface area contributed by atoms with Gasteiger partial charge in [0.15, 0.2) is 0 Å². The third-order valence-corrected chi connectivity index (χ3v) is 6.15. The summed E-state index contributed by atoms with van der Waals surface area (Å²) in [6, 6.07) is 15.3. The molecule has 32 heavy (non-hydrogen) atoms. The summed E-state index contributed by atoms with van der Waals surface area (Å²) in [6.07, 6.45) is 3.83. The van der Waals surface area contributed by atoms with Gasteiger partial charge < -0.3 is 16.0 Å². The Hall–Kier alpha value is -3.78. The monoisotopic (exact) mass is 442 g/mol. The SMILES string of the molecule is Cc1nsc(Nc2cnc3ccccc3n2)c1C(=O)Nc1cccc(NC2=CC2(C)C)c1. The van der Waals surface area contributed by atoms with Crippen LogP contribution < -0.4 is 16.0 Å². The Bertz CT molecular complexity index is 1370. The van der Waals surface area contributed by atoms with E-state index in [1.165, 1.54) is 17.2 Å². The molecule has 2 aromatic carbocycles. The lowest BCUT2D eigenvalue weighted by atomic mass is 10.1. The number of para-hydroxylation sites is 2. The lowest BCUT2D eigenvalue weighted by Crippen LogP contribution is -2.14. The van der Waals surface area contributed by atoms with E-state index in [9.17, 15) is 4.79 Å². The van der Waals surface area contributed by atoms with Crippen molar-refractivity contribution in [2.45, 2.75) is 20.8 Å². The van der Waals surface area contributed by atoms with Crippen molar-refractivity contribution in [3.63, 3.8) is 0 Å². The summed E-state index contributed by atoms with van der Waals surface area (Å²) in [5.74, 6) is 0.337. The average Bonchev–Trinajstić information content (AvgIpc) is 3.19. The van der Waals surface area contributed by atoms with Crippen LogP contribution in [0.3, 0.4) is 0 Å². The smallest absolute Gasteiger partial charge is 0.260 e. The van der Waals surface area contributed by atoms with Gasteiger partial charge in [-0.1, -0.05) is 38.1 Å². The van der Waals surface area contributed by atoms with Crippen LogP contribution in [-0.2, 0) is 0 Å². The van der Waals surface area contributed by atoms with Crippen molar-refractivity contribution in [2.75, 3.05) is 16.0 Å². The van der Waals surface area contributed by atoms with E-state index in [-0.39, 0.29) is 11.3 Å². The van der Waals surface area contributed by atoms with Crippen LogP contribution in [0.5, 0.6) is 0 Å². The molecular weight excluding hydrogens is 420 g/mol. The summed E-state index contributed by atoms with van der Waals surface area (Å²) < 4.78 is 4.37. The second-order valence-corrected chi connectivity index (χ2v) is 9.05. The molecule has 0 fully saturated rings. The minimum atomic E-state index is -0.226. The van der Waals surface area contributed by atoms with E-state index in [1.807, 2.05) is 55.5 Å². The average molecular weight is 443 g/mol. The first-order valence-corrected chi connectivity index (χ1v) is 11.0. The summed E-state index contributed by atoms with van der Waals surface area (Å²) in [5, 5.41) is 10.2. The Kier molecular flexibility index (Phi) is 4.86. The normalized spacial score (nSPS) is 14.0. The summed E-state index contributed by atoms with van der Waals surface area (Å²) in [4.78, 5) is 22.1. The van der Waals surface area contributed by atoms with E-state index in [0.29, 0.717) is 27.8 Å². The fourth-order valence-electron chi connectivity index (χ4n) is 3.40. The Labute approximate surface area is 189 Å². The predicted octanol–water partition coefficient (Wildman–Crippen LogP) is 5.73. The van der Waals surface area contributed by atoms with E-state index < -0.39 is 0 Å². The number of rotatable bonds is 6. The molecule has 0 unspecified atom stereocenters. The fraction of sp³-hybridized carbons (Fsp3) is 0.167. The van der Waals surface area contributed by atoms with Crippen LogP contribution in [0.2, 0.25) is 0 Å². The van der Waals surface area contributed by atoms with Crippen LogP contribution in [0.4, 0.5) is 22.2 Å². The van der Waals surface area contributed by atoms with E-state index >= 15 is 0 Å². The van der Waals surface area contributed by atoms with Crippen molar-refractivity contribution >= 4 is 50.7 Å². The zero-order valence-corrected chi connectivity index (χ0v) is 18.7. The molecule has 0 spiro atoms. The number of nitrogens with zero attached hydrogens (tertiary/aromatic N) is 3. The molecule has 1 aliphatic carbocycles. The topological polar surface area (TPSA) is 91.8 Å². The molecule has 160 valence electrons. The second-order valence-electron chi connectivity index (χ2n) is 8.28. The van der Waals surface area contributed by atoms with Crippen LogP contribution in [0, 0.1) is 12.3 Å². The number of allylic oxidation sites excluding steroid dienone is 2. The van der Waals surface area contributed by atoms with Crippen LogP contribution >= 0.6 is 11.5 Å². The van der Waals surface area contributed by atoms with Gasteiger partial charge >= 0.3 is 0 Å². The highest BCUT2D eigenvalue weighted by Gasteiger charge is 2.33. The number of nitrogens with one attached hydrogen (secondary N) is 3. The molecule has 0 saturated heterocycles. The molecule has 5 rings (SSSR count). The number of aryl methyl sites for hydroxylation is 1. The molecule has 4 aromatic rings. The summed E-state index contributed by atoms with van der Waals surface area (Å²) in [5.41, 5.74) is 5.69. The maximum Gasteiger partial charge on any atom is 0.260 e. The molecule has 0 atom stereocenters. The molecule has 0 saturated carbocycles. The van der Waals surface area contributed by atoms with Gasteiger partial charge in [0.05, 0.1) is 28.5 Å². The Balaban J connectivity index is 1.34. The van der Waals surface area contributed by atoms with Crippen molar-refractivity contribution in [3.05, 3.63) is 77.8 Å². The van der Waals surface area contributed by atoms with Gasteiger partial charge in [-0.2, -0.15) is 4.37 Å². The molecule has 2 heterocycles. The molecule has 1 aliphatic rings. The third-order valence-electron chi connectivity index (χ3n) is 5.30. The molecule has 3 N–H and O–H groups in total. The van der Waals surface area contributed by atoms with Gasteiger partial charge in [-0.05, 0) is 48.8 Å². The van der Waals surface area contributed by atoms with E-state index in [2.05, 4.69) is 50.2 Å². The minimum Gasteiger partial charge on any atom is -0.358 e. The summed E-state index contributed by atoms with van der Waals surface area (Å²) in [6.45, 7) is 6.13. The van der Waals surface area contributed by atoms with Gasteiger partial charge in [-0.15, -0.1) is 0 Å².